The zero-order valence-corrected chi connectivity index (χ0v) is 12.2. The van der Waals surface area contributed by atoms with Gasteiger partial charge in [-0.05, 0) is 55.3 Å². The van der Waals surface area contributed by atoms with Gasteiger partial charge in [0.2, 0.25) is 0 Å². The number of aryl methyl sites for hydroxylation is 1. The number of nitrogens with two attached hydrogens (primary N) is 1. The van der Waals surface area contributed by atoms with E-state index in [1.807, 2.05) is 13.0 Å². The van der Waals surface area contributed by atoms with Crippen LogP contribution in [0.15, 0.2) is 18.2 Å². The van der Waals surface area contributed by atoms with Crippen molar-refractivity contribution in [1.82, 2.24) is 0 Å². The average Bonchev–Trinajstić information content (AvgIpc) is 2.38. The van der Waals surface area contributed by atoms with E-state index in [9.17, 15) is 4.79 Å². The van der Waals surface area contributed by atoms with Crippen molar-refractivity contribution in [2.75, 3.05) is 13.2 Å². The van der Waals surface area contributed by atoms with E-state index < -0.39 is 0 Å². The first kappa shape index (κ1) is 16.0. The smallest absolute Gasteiger partial charge is 0.310 e. The van der Waals surface area contributed by atoms with Crippen LogP contribution in [0.5, 0.6) is 0 Å². The van der Waals surface area contributed by atoms with E-state index in [4.69, 9.17) is 10.5 Å². The quantitative estimate of drug-likeness (QED) is 0.863. The van der Waals surface area contributed by atoms with Crippen LogP contribution in [0.2, 0.25) is 0 Å². The normalized spacial score (nSPS) is 17.3. The molecule has 0 aliphatic heterocycles. The second-order valence-corrected chi connectivity index (χ2v) is 4.93. The number of esters is 1. The number of rotatable bonds is 4. The minimum atomic E-state index is -0.149. The summed E-state index contributed by atoms with van der Waals surface area (Å²) in [6.45, 7) is 3.02. The lowest BCUT2D eigenvalue weighted by atomic mass is 9.83. The molecule has 1 aliphatic carbocycles. The third-order valence-corrected chi connectivity index (χ3v) is 3.59. The Morgan fingerprint density at radius 2 is 2.21 bits per heavy atom. The van der Waals surface area contributed by atoms with E-state index in [1.165, 1.54) is 17.5 Å². The Labute approximate surface area is 120 Å². The molecule has 1 aromatic rings. The lowest BCUT2D eigenvalue weighted by Gasteiger charge is -2.23. The summed E-state index contributed by atoms with van der Waals surface area (Å²) in [5, 5.41) is 0. The monoisotopic (exact) mass is 283 g/mol. The highest BCUT2D eigenvalue weighted by atomic mass is 35.5. The summed E-state index contributed by atoms with van der Waals surface area (Å²) in [4.78, 5) is 11.5. The predicted octanol–water partition coefficient (Wildman–Crippen LogP) is 2.28. The summed E-state index contributed by atoms with van der Waals surface area (Å²) < 4.78 is 4.97. The molecule has 1 unspecified atom stereocenters. The van der Waals surface area contributed by atoms with Crippen molar-refractivity contribution in [3.05, 3.63) is 34.9 Å². The van der Waals surface area contributed by atoms with E-state index in [-0.39, 0.29) is 18.4 Å². The molecule has 0 amide bonds. The molecule has 0 bridgehead atoms. The molecule has 1 atom stereocenters. The highest BCUT2D eigenvalue weighted by molar-refractivity contribution is 5.85. The summed E-state index contributed by atoms with van der Waals surface area (Å²) >= 11 is 0. The van der Waals surface area contributed by atoms with E-state index in [1.54, 1.807) is 0 Å². The Morgan fingerprint density at radius 3 is 2.89 bits per heavy atom. The van der Waals surface area contributed by atoms with Gasteiger partial charge in [0.1, 0.15) is 0 Å². The Bertz CT molecular complexity index is 434. The minimum Gasteiger partial charge on any atom is -0.466 e. The maximum atomic E-state index is 11.5. The molecule has 3 nitrogen and oxygen atoms in total. The van der Waals surface area contributed by atoms with Gasteiger partial charge in [-0.1, -0.05) is 18.2 Å². The molecular weight excluding hydrogens is 262 g/mol. The highest BCUT2D eigenvalue weighted by Gasteiger charge is 2.18. The second kappa shape index (κ2) is 7.51. The first-order valence-electron chi connectivity index (χ1n) is 6.69. The van der Waals surface area contributed by atoms with Gasteiger partial charge < -0.3 is 10.5 Å². The second-order valence-electron chi connectivity index (χ2n) is 4.93. The molecule has 2 rings (SSSR count). The lowest BCUT2D eigenvalue weighted by Crippen LogP contribution is -2.22. The fourth-order valence-corrected chi connectivity index (χ4v) is 2.58. The number of carbonyl (C=O) groups is 1. The molecule has 4 heteroatoms. The Hall–Kier alpha value is -1.06. The summed E-state index contributed by atoms with van der Waals surface area (Å²) in [7, 11) is 0. The summed E-state index contributed by atoms with van der Waals surface area (Å²) in [6, 6.07) is 6.34. The van der Waals surface area contributed by atoms with E-state index in [2.05, 4.69) is 12.1 Å². The van der Waals surface area contributed by atoms with Gasteiger partial charge in [-0.25, -0.2) is 0 Å². The molecule has 19 heavy (non-hydrogen) atoms. The van der Waals surface area contributed by atoms with Crippen LogP contribution < -0.4 is 5.73 Å². The Kier molecular flexibility index (Phi) is 6.32. The molecule has 0 radical (unpaired) electrons. The van der Waals surface area contributed by atoms with Gasteiger partial charge >= 0.3 is 5.97 Å². The highest BCUT2D eigenvalue weighted by Crippen LogP contribution is 2.26. The van der Waals surface area contributed by atoms with E-state index in [0.717, 1.165) is 24.9 Å². The van der Waals surface area contributed by atoms with Crippen molar-refractivity contribution in [3.8, 4) is 0 Å². The minimum absolute atomic E-state index is 0. The molecule has 2 N–H and O–H groups in total. The molecule has 0 saturated carbocycles. The van der Waals surface area contributed by atoms with Crippen LogP contribution >= 0.6 is 12.4 Å². The van der Waals surface area contributed by atoms with Gasteiger partial charge in [0, 0.05) is 0 Å². The van der Waals surface area contributed by atoms with Crippen LogP contribution in [0.1, 0.15) is 30.0 Å². The molecular formula is C15H22ClNO2. The van der Waals surface area contributed by atoms with Crippen molar-refractivity contribution in [1.29, 1.82) is 0 Å². The number of hydrogen-bond donors (Lipinski definition) is 1. The topological polar surface area (TPSA) is 52.3 Å². The number of ether oxygens (including phenoxy) is 1. The van der Waals surface area contributed by atoms with Crippen molar-refractivity contribution >= 4 is 18.4 Å². The zero-order chi connectivity index (χ0) is 13.0. The molecule has 0 aromatic heterocycles. The van der Waals surface area contributed by atoms with E-state index >= 15 is 0 Å². The van der Waals surface area contributed by atoms with Crippen molar-refractivity contribution < 1.29 is 9.53 Å². The van der Waals surface area contributed by atoms with E-state index in [0.29, 0.717) is 18.9 Å². The Balaban J connectivity index is 0.00000180. The van der Waals surface area contributed by atoms with Gasteiger partial charge in [0.15, 0.2) is 0 Å². The summed E-state index contributed by atoms with van der Waals surface area (Å²) in [6.07, 6.45) is 3.70. The number of fused-ring (bicyclic) bond motifs is 1. The molecule has 106 valence electrons. The molecule has 0 heterocycles. The first-order valence-corrected chi connectivity index (χ1v) is 6.69. The molecule has 0 saturated heterocycles. The fourth-order valence-electron chi connectivity index (χ4n) is 2.58. The van der Waals surface area contributed by atoms with Gasteiger partial charge in [0.25, 0.3) is 0 Å². The number of carbonyl (C=O) groups excluding carboxylic acids is 1. The van der Waals surface area contributed by atoms with Crippen molar-refractivity contribution in [2.45, 2.75) is 32.6 Å². The first-order chi connectivity index (χ1) is 8.72. The molecule has 0 spiro atoms. The average molecular weight is 284 g/mol. The number of halogens is 1. The maximum absolute atomic E-state index is 11.5. The molecule has 1 aliphatic rings. The zero-order valence-electron chi connectivity index (χ0n) is 11.4. The molecule has 0 fully saturated rings. The van der Waals surface area contributed by atoms with Gasteiger partial charge in [-0.3, -0.25) is 4.79 Å². The summed E-state index contributed by atoms with van der Waals surface area (Å²) in [5.41, 5.74) is 9.56. The fraction of sp³-hybridized carbons (Fsp3) is 0.533. The van der Waals surface area contributed by atoms with Crippen molar-refractivity contribution in [2.24, 2.45) is 11.7 Å². The van der Waals surface area contributed by atoms with Crippen LogP contribution in [0.25, 0.3) is 0 Å². The van der Waals surface area contributed by atoms with Crippen LogP contribution in [0, 0.1) is 5.92 Å². The lowest BCUT2D eigenvalue weighted by molar-refractivity contribution is -0.142. The van der Waals surface area contributed by atoms with Crippen molar-refractivity contribution in [3.63, 3.8) is 0 Å². The number of benzene rings is 1. The number of hydrogen-bond acceptors (Lipinski definition) is 3. The third kappa shape index (κ3) is 4.22. The SMILES string of the molecule is CCOC(=O)Cc1ccc2c(c1)CC(CN)CC2.Cl. The van der Waals surface area contributed by atoms with Crippen LogP contribution in [-0.2, 0) is 28.8 Å². The standard InChI is InChI=1S/C15H21NO2.ClH/c1-2-18-15(17)9-11-3-5-13-6-4-12(10-16)8-14(13)7-11;/h3,5,7,12H,2,4,6,8-10,16H2,1H3;1H. The van der Waals surface area contributed by atoms with Crippen LogP contribution in [0.3, 0.4) is 0 Å². The van der Waals surface area contributed by atoms with Crippen LogP contribution in [0.4, 0.5) is 0 Å². The van der Waals surface area contributed by atoms with Crippen LogP contribution in [-0.4, -0.2) is 19.1 Å². The Morgan fingerprint density at radius 1 is 1.42 bits per heavy atom. The van der Waals surface area contributed by atoms with Gasteiger partial charge in [-0.2, -0.15) is 0 Å². The predicted molar refractivity (Wildman–Crippen MR) is 78.6 cm³/mol. The van der Waals surface area contributed by atoms with Gasteiger partial charge in [0.05, 0.1) is 13.0 Å². The summed E-state index contributed by atoms with van der Waals surface area (Å²) in [5.74, 6) is 0.443. The maximum Gasteiger partial charge on any atom is 0.310 e. The van der Waals surface area contributed by atoms with Gasteiger partial charge in [-0.15, -0.1) is 12.4 Å². The third-order valence-electron chi connectivity index (χ3n) is 3.59. The largest absolute Gasteiger partial charge is 0.466 e. The molecule has 1 aromatic carbocycles.